The third kappa shape index (κ3) is 4.68. The first-order chi connectivity index (χ1) is 12.8. The Balaban J connectivity index is 1.33. The Labute approximate surface area is 158 Å². The summed E-state index contributed by atoms with van der Waals surface area (Å²) in [4.78, 5) is 14.7. The Kier molecular flexibility index (Phi) is 5.94. The highest BCUT2D eigenvalue weighted by Gasteiger charge is 2.33. The maximum Gasteiger partial charge on any atom is 0.223 e. The van der Waals surface area contributed by atoms with Crippen molar-refractivity contribution in [3.8, 4) is 0 Å². The highest BCUT2D eigenvalue weighted by molar-refractivity contribution is 5.81. The molecule has 1 amide bonds. The third-order valence-electron chi connectivity index (χ3n) is 6.78. The van der Waals surface area contributed by atoms with E-state index >= 15 is 0 Å². The van der Waals surface area contributed by atoms with Crippen molar-refractivity contribution >= 4 is 5.91 Å². The van der Waals surface area contributed by atoms with Crippen LogP contribution in [0.3, 0.4) is 0 Å². The molecule has 1 aliphatic heterocycles. The molecule has 1 aromatic rings. The monoisotopic (exact) mass is 354 g/mol. The molecule has 26 heavy (non-hydrogen) atoms. The van der Waals surface area contributed by atoms with Gasteiger partial charge in [-0.15, -0.1) is 0 Å². The number of hydrogen-bond donors (Lipinski definition) is 1. The number of hydrogen-bond acceptors (Lipinski definition) is 2. The highest BCUT2D eigenvalue weighted by Crippen LogP contribution is 2.37. The Bertz CT molecular complexity index is 569. The van der Waals surface area contributed by atoms with Crippen molar-refractivity contribution in [1.82, 2.24) is 10.2 Å². The number of nitrogens with one attached hydrogen (secondary N) is 1. The minimum Gasteiger partial charge on any atom is -0.353 e. The van der Waals surface area contributed by atoms with Crippen molar-refractivity contribution < 1.29 is 4.79 Å². The minimum absolute atomic E-state index is 0.313. The van der Waals surface area contributed by atoms with Crippen LogP contribution in [0.2, 0.25) is 0 Å². The van der Waals surface area contributed by atoms with Gasteiger partial charge in [0, 0.05) is 31.6 Å². The fraction of sp³-hybridized carbons (Fsp3) is 0.696. The molecule has 0 aromatic heterocycles. The second-order valence-corrected chi connectivity index (χ2v) is 8.77. The number of carbonyl (C=O) groups is 1. The molecule has 4 rings (SSSR count). The van der Waals surface area contributed by atoms with Gasteiger partial charge in [0.05, 0.1) is 0 Å². The van der Waals surface area contributed by atoms with Gasteiger partial charge in [-0.25, -0.2) is 0 Å². The number of rotatable bonds is 6. The van der Waals surface area contributed by atoms with E-state index in [0.29, 0.717) is 23.8 Å². The van der Waals surface area contributed by atoms with E-state index in [9.17, 15) is 4.79 Å². The smallest absolute Gasteiger partial charge is 0.223 e. The molecule has 1 saturated heterocycles. The van der Waals surface area contributed by atoms with Crippen molar-refractivity contribution in [1.29, 1.82) is 0 Å². The van der Waals surface area contributed by atoms with Gasteiger partial charge in [-0.1, -0.05) is 49.6 Å². The fourth-order valence-electron chi connectivity index (χ4n) is 4.97. The predicted molar refractivity (Wildman–Crippen MR) is 106 cm³/mol. The first-order valence-corrected chi connectivity index (χ1v) is 10.9. The molecule has 3 fully saturated rings. The van der Waals surface area contributed by atoms with E-state index in [1.165, 1.54) is 44.2 Å². The van der Waals surface area contributed by atoms with Crippen molar-refractivity contribution in [2.45, 2.75) is 69.7 Å². The van der Waals surface area contributed by atoms with E-state index in [-0.39, 0.29) is 0 Å². The lowest BCUT2D eigenvalue weighted by Gasteiger charge is -2.38. The zero-order valence-corrected chi connectivity index (χ0v) is 16.0. The fourth-order valence-corrected chi connectivity index (χ4v) is 4.97. The number of piperidine rings is 1. The molecule has 3 nitrogen and oxygen atoms in total. The van der Waals surface area contributed by atoms with Crippen LogP contribution in [0.1, 0.15) is 69.3 Å². The summed E-state index contributed by atoms with van der Waals surface area (Å²) in [5, 5.41) is 3.28. The molecule has 142 valence electrons. The average Bonchev–Trinajstić information content (AvgIpc) is 3.54. The van der Waals surface area contributed by atoms with E-state index in [2.05, 4.69) is 40.5 Å². The molecule has 2 aliphatic carbocycles. The van der Waals surface area contributed by atoms with Gasteiger partial charge in [0.2, 0.25) is 5.91 Å². The number of amides is 1. The Hall–Kier alpha value is -1.35. The maximum atomic E-state index is 12.0. The van der Waals surface area contributed by atoms with Gasteiger partial charge in [-0.3, -0.25) is 4.79 Å². The molecule has 1 heterocycles. The van der Waals surface area contributed by atoms with E-state index < -0.39 is 0 Å². The molecule has 0 spiro atoms. The predicted octanol–water partition coefficient (Wildman–Crippen LogP) is 4.34. The molecule has 2 saturated carbocycles. The van der Waals surface area contributed by atoms with Gasteiger partial charge in [0.1, 0.15) is 0 Å². The molecule has 3 aliphatic rings. The van der Waals surface area contributed by atoms with E-state index in [4.69, 9.17) is 0 Å². The lowest BCUT2D eigenvalue weighted by molar-refractivity contribution is -0.123. The van der Waals surface area contributed by atoms with Crippen LogP contribution >= 0.6 is 0 Å². The maximum absolute atomic E-state index is 12.0. The SMILES string of the molecule is O=C(NC1CCN(CC(c2ccccc2)C2CCCCC2)CC1)C1CC1. The van der Waals surface area contributed by atoms with Crippen molar-refractivity contribution in [2.24, 2.45) is 11.8 Å². The van der Waals surface area contributed by atoms with Gasteiger partial charge in [0.15, 0.2) is 0 Å². The van der Waals surface area contributed by atoms with Crippen LogP contribution in [0.15, 0.2) is 30.3 Å². The lowest BCUT2D eigenvalue weighted by Crippen LogP contribution is -2.46. The van der Waals surface area contributed by atoms with Crippen LogP contribution in [-0.2, 0) is 4.79 Å². The van der Waals surface area contributed by atoms with Crippen LogP contribution in [0.25, 0.3) is 0 Å². The summed E-state index contributed by atoms with van der Waals surface area (Å²) in [7, 11) is 0. The highest BCUT2D eigenvalue weighted by atomic mass is 16.2. The Morgan fingerprint density at radius 1 is 0.962 bits per heavy atom. The summed E-state index contributed by atoms with van der Waals surface area (Å²) >= 11 is 0. The molecule has 0 bridgehead atoms. The Morgan fingerprint density at radius 2 is 1.65 bits per heavy atom. The summed E-state index contributed by atoms with van der Waals surface area (Å²) < 4.78 is 0. The van der Waals surface area contributed by atoms with Crippen LogP contribution < -0.4 is 5.32 Å². The second kappa shape index (κ2) is 8.56. The summed E-state index contributed by atoms with van der Waals surface area (Å²) in [6.45, 7) is 3.45. The van der Waals surface area contributed by atoms with Crippen LogP contribution in [0.5, 0.6) is 0 Å². The molecule has 0 radical (unpaired) electrons. The Morgan fingerprint density at radius 3 is 2.31 bits per heavy atom. The zero-order chi connectivity index (χ0) is 17.8. The van der Waals surface area contributed by atoms with Gasteiger partial charge >= 0.3 is 0 Å². The normalized spacial score (nSPS) is 24.3. The van der Waals surface area contributed by atoms with Gasteiger partial charge in [0.25, 0.3) is 0 Å². The standard InChI is InChI=1S/C23H34N2O/c26-23(20-11-12-20)24-21-13-15-25(16-14-21)17-22(18-7-3-1-4-8-18)19-9-5-2-6-10-19/h1,3-4,7-8,19-22H,2,5-6,9-17H2,(H,24,26). The quantitative estimate of drug-likeness (QED) is 0.824. The summed E-state index contributed by atoms with van der Waals surface area (Å²) in [6, 6.07) is 11.6. The average molecular weight is 355 g/mol. The molecule has 1 unspecified atom stereocenters. The topological polar surface area (TPSA) is 32.3 Å². The number of benzene rings is 1. The number of carbonyl (C=O) groups excluding carboxylic acids is 1. The molecular formula is C23H34N2O. The van der Waals surface area contributed by atoms with E-state index in [1.807, 2.05) is 0 Å². The van der Waals surface area contributed by atoms with Crippen molar-refractivity contribution in [3.63, 3.8) is 0 Å². The molecule has 3 heteroatoms. The molecular weight excluding hydrogens is 320 g/mol. The van der Waals surface area contributed by atoms with Gasteiger partial charge < -0.3 is 10.2 Å². The third-order valence-corrected chi connectivity index (χ3v) is 6.78. The first-order valence-electron chi connectivity index (χ1n) is 10.9. The number of nitrogens with zero attached hydrogens (tertiary/aromatic N) is 1. The van der Waals surface area contributed by atoms with Crippen molar-refractivity contribution in [3.05, 3.63) is 35.9 Å². The van der Waals surface area contributed by atoms with Crippen LogP contribution in [-0.4, -0.2) is 36.5 Å². The molecule has 1 N–H and O–H groups in total. The first kappa shape index (κ1) is 18.0. The molecule has 1 atom stereocenters. The van der Waals surface area contributed by atoms with Gasteiger partial charge in [-0.05, 0) is 55.9 Å². The summed E-state index contributed by atoms with van der Waals surface area (Å²) in [5.41, 5.74) is 1.53. The van der Waals surface area contributed by atoms with Gasteiger partial charge in [-0.2, -0.15) is 0 Å². The number of likely N-dealkylation sites (tertiary alicyclic amines) is 1. The second-order valence-electron chi connectivity index (χ2n) is 8.77. The summed E-state index contributed by atoms with van der Waals surface area (Å²) in [5.74, 6) is 2.17. The minimum atomic E-state index is 0.313. The van der Waals surface area contributed by atoms with Crippen LogP contribution in [0.4, 0.5) is 0 Å². The van der Waals surface area contributed by atoms with Crippen LogP contribution in [0, 0.1) is 11.8 Å². The lowest BCUT2D eigenvalue weighted by atomic mass is 9.76. The largest absolute Gasteiger partial charge is 0.353 e. The van der Waals surface area contributed by atoms with E-state index in [0.717, 1.165) is 44.7 Å². The zero-order valence-electron chi connectivity index (χ0n) is 16.0. The summed E-state index contributed by atoms with van der Waals surface area (Å²) in [6.07, 6.45) is 11.5. The van der Waals surface area contributed by atoms with E-state index in [1.54, 1.807) is 0 Å². The molecule has 1 aromatic carbocycles. The van der Waals surface area contributed by atoms with Crippen molar-refractivity contribution in [2.75, 3.05) is 19.6 Å².